The molecule has 2 bridgehead atoms. The Balaban J connectivity index is 1.31. The molecule has 9 nitrogen and oxygen atoms in total. The summed E-state index contributed by atoms with van der Waals surface area (Å²) < 4.78 is 15.3. The van der Waals surface area contributed by atoms with Crippen molar-refractivity contribution in [2.24, 2.45) is 23.7 Å². The monoisotopic (exact) mass is 414 g/mol. The lowest BCUT2D eigenvalue weighted by atomic mass is 9.85. The van der Waals surface area contributed by atoms with Gasteiger partial charge in [-0.2, -0.15) is 0 Å². The highest BCUT2D eigenvalue weighted by molar-refractivity contribution is 6.08. The number of benzene rings is 1. The molecule has 9 heteroatoms. The van der Waals surface area contributed by atoms with E-state index in [1.807, 2.05) is 12.2 Å². The predicted octanol–water partition coefficient (Wildman–Crippen LogP) is 0.993. The molecule has 0 unspecified atom stereocenters. The summed E-state index contributed by atoms with van der Waals surface area (Å²) in [5, 5.41) is 2.58. The number of fused-ring (bicyclic) bond motifs is 5. The molecule has 0 aromatic heterocycles. The van der Waals surface area contributed by atoms with E-state index < -0.39 is 25.0 Å². The van der Waals surface area contributed by atoms with Crippen LogP contribution in [0.15, 0.2) is 30.4 Å². The van der Waals surface area contributed by atoms with Gasteiger partial charge in [0.2, 0.25) is 11.8 Å². The summed E-state index contributed by atoms with van der Waals surface area (Å²) >= 11 is 0. The number of carbonyl (C=O) groups is 4. The first-order valence-corrected chi connectivity index (χ1v) is 9.64. The van der Waals surface area contributed by atoms with Crippen LogP contribution in [0.3, 0.4) is 0 Å². The number of likely N-dealkylation sites (tertiary alicyclic amines) is 1. The van der Waals surface area contributed by atoms with Crippen molar-refractivity contribution in [3.63, 3.8) is 0 Å². The van der Waals surface area contributed by atoms with Crippen molar-refractivity contribution in [1.82, 2.24) is 4.90 Å². The number of anilines is 1. The second-order valence-corrected chi connectivity index (χ2v) is 7.54. The molecule has 2 aliphatic carbocycles. The smallest absolute Gasteiger partial charge is 0.326 e. The van der Waals surface area contributed by atoms with Crippen molar-refractivity contribution in [1.29, 1.82) is 0 Å². The number of hydrogen-bond donors (Lipinski definition) is 1. The van der Waals surface area contributed by atoms with Crippen LogP contribution in [0.25, 0.3) is 0 Å². The summed E-state index contributed by atoms with van der Waals surface area (Å²) in [6.45, 7) is -1.05. The second kappa shape index (κ2) is 7.81. The Morgan fingerprint density at radius 2 is 1.73 bits per heavy atom. The van der Waals surface area contributed by atoms with Gasteiger partial charge in [-0.05, 0) is 30.4 Å². The lowest BCUT2D eigenvalue weighted by Gasteiger charge is -2.16. The minimum Gasteiger partial charge on any atom is -0.497 e. The van der Waals surface area contributed by atoms with Gasteiger partial charge in [0.25, 0.3) is 5.91 Å². The van der Waals surface area contributed by atoms with E-state index in [1.54, 1.807) is 18.2 Å². The van der Waals surface area contributed by atoms with E-state index in [0.717, 1.165) is 11.3 Å². The number of ether oxygens (including phenoxy) is 3. The second-order valence-electron chi connectivity index (χ2n) is 7.54. The number of rotatable bonds is 7. The molecule has 0 radical (unpaired) electrons. The van der Waals surface area contributed by atoms with Gasteiger partial charge in [-0.3, -0.25) is 24.1 Å². The van der Waals surface area contributed by atoms with Crippen molar-refractivity contribution >= 4 is 29.4 Å². The molecule has 158 valence electrons. The Morgan fingerprint density at radius 1 is 1.07 bits per heavy atom. The Labute approximate surface area is 172 Å². The number of nitrogens with one attached hydrogen (secondary N) is 1. The molecule has 1 saturated carbocycles. The number of hydrogen-bond acceptors (Lipinski definition) is 7. The van der Waals surface area contributed by atoms with Crippen LogP contribution in [-0.2, 0) is 23.9 Å². The largest absolute Gasteiger partial charge is 0.497 e. The molecule has 4 rings (SSSR count). The molecule has 1 aromatic carbocycles. The molecule has 30 heavy (non-hydrogen) atoms. The molecule has 4 atom stereocenters. The fourth-order valence-corrected chi connectivity index (χ4v) is 4.54. The predicted molar refractivity (Wildman–Crippen MR) is 104 cm³/mol. The first-order valence-electron chi connectivity index (χ1n) is 9.64. The highest BCUT2D eigenvalue weighted by Crippen LogP contribution is 2.52. The molecule has 3 aliphatic rings. The zero-order valence-corrected chi connectivity index (χ0v) is 16.6. The SMILES string of the molecule is COc1ccc(OC)c(NC(=O)COC(=O)CN2C(=O)[C@@H]3[C@H](C2=O)[C@H]2C=C[C@H]3C2)c1. The van der Waals surface area contributed by atoms with Gasteiger partial charge in [0.1, 0.15) is 18.0 Å². The summed E-state index contributed by atoms with van der Waals surface area (Å²) in [4.78, 5) is 50.5. The number of allylic oxidation sites excluding steroid dienone is 2. The molecule has 0 spiro atoms. The van der Waals surface area contributed by atoms with E-state index in [9.17, 15) is 19.2 Å². The van der Waals surface area contributed by atoms with Gasteiger partial charge in [-0.15, -0.1) is 0 Å². The molecule has 1 N–H and O–H groups in total. The summed E-state index contributed by atoms with van der Waals surface area (Å²) in [6, 6.07) is 4.88. The van der Waals surface area contributed by atoms with Gasteiger partial charge >= 0.3 is 5.97 Å². The molecule has 1 aliphatic heterocycles. The van der Waals surface area contributed by atoms with Crippen LogP contribution in [0.5, 0.6) is 11.5 Å². The van der Waals surface area contributed by atoms with Gasteiger partial charge in [-0.25, -0.2) is 0 Å². The quantitative estimate of drug-likeness (QED) is 0.402. The fraction of sp³-hybridized carbons (Fsp3) is 0.429. The minimum atomic E-state index is -0.815. The lowest BCUT2D eigenvalue weighted by Crippen LogP contribution is -2.38. The maximum Gasteiger partial charge on any atom is 0.326 e. The van der Waals surface area contributed by atoms with Gasteiger partial charge in [0, 0.05) is 6.07 Å². The number of imide groups is 1. The Bertz CT molecular complexity index is 911. The summed E-state index contributed by atoms with van der Waals surface area (Å²) in [6.07, 6.45) is 4.78. The normalized spacial score (nSPS) is 26.0. The molecule has 1 saturated heterocycles. The Kier molecular flexibility index (Phi) is 5.19. The van der Waals surface area contributed by atoms with E-state index >= 15 is 0 Å². The average Bonchev–Trinajstić information content (AvgIpc) is 3.42. The van der Waals surface area contributed by atoms with Crippen LogP contribution in [-0.4, -0.2) is 56.0 Å². The van der Waals surface area contributed by atoms with Gasteiger partial charge in [-0.1, -0.05) is 12.2 Å². The molecule has 3 amide bonds. The lowest BCUT2D eigenvalue weighted by molar-refractivity contribution is -0.154. The number of amides is 3. The number of methoxy groups -OCH3 is 2. The van der Waals surface area contributed by atoms with Crippen molar-refractivity contribution < 1.29 is 33.4 Å². The summed E-state index contributed by atoms with van der Waals surface area (Å²) in [5.41, 5.74) is 0.360. The average molecular weight is 414 g/mol. The topological polar surface area (TPSA) is 111 Å². The van der Waals surface area contributed by atoms with Crippen molar-refractivity contribution in [2.45, 2.75) is 6.42 Å². The third-order valence-corrected chi connectivity index (χ3v) is 5.89. The molecule has 1 aromatic rings. The van der Waals surface area contributed by atoms with Crippen molar-refractivity contribution in [3.8, 4) is 11.5 Å². The van der Waals surface area contributed by atoms with Crippen LogP contribution >= 0.6 is 0 Å². The number of nitrogens with zero attached hydrogens (tertiary/aromatic N) is 1. The first kappa shape index (κ1) is 19.9. The molecule has 1 heterocycles. The fourth-order valence-electron chi connectivity index (χ4n) is 4.54. The zero-order chi connectivity index (χ0) is 21.4. The first-order chi connectivity index (χ1) is 14.4. The maximum absolute atomic E-state index is 12.6. The zero-order valence-electron chi connectivity index (χ0n) is 16.6. The van der Waals surface area contributed by atoms with E-state index in [0.29, 0.717) is 17.2 Å². The Morgan fingerprint density at radius 3 is 2.33 bits per heavy atom. The van der Waals surface area contributed by atoms with Crippen LogP contribution in [0, 0.1) is 23.7 Å². The van der Waals surface area contributed by atoms with Crippen LogP contribution in [0.4, 0.5) is 5.69 Å². The molecular weight excluding hydrogens is 392 g/mol. The standard InChI is InChI=1S/C21H22N2O7/c1-28-13-5-6-15(29-2)14(8-13)22-16(24)10-30-17(25)9-23-20(26)18-11-3-4-12(7-11)19(18)21(23)27/h3-6,8,11-12,18-19H,7,9-10H2,1-2H3,(H,22,24)/t11-,12-,18-,19+/m0/s1. The highest BCUT2D eigenvalue weighted by atomic mass is 16.5. The van der Waals surface area contributed by atoms with Gasteiger partial charge in [0.05, 0.1) is 31.7 Å². The highest BCUT2D eigenvalue weighted by Gasteiger charge is 2.59. The van der Waals surface area contributed by atoms with E-state index in [1.165, 1.54) is 14.2 Å². The summed E-state index contributed by atoms with van der Waals surface area (Å²) in [7, 11) is 2.95. The third-order valence-electron chi connectivity index (χ3n) is 5.89. The maximum atomic E-state index is 12.6. The van der Waals surface area contributed by atoms with Crippen molar-refractivity contribution in [3.05, 3.63) is 30.4 Å². The number of esters is 1. The summed E-state index contributed by atoms with van der Waals surface area (Å²) in [5.74, 6) is -1.73. The van der Waals surface area contributed by atoms with Crippen LogP contribution < -0.4 is 14.8 Å². The van der Waals surface area contributed by atoms with Gasteiger partial charge < -0.3 is 19.5 Å². The Hall–Kier alpha value is -3.36. The van der Waals surface area contributed by atoms with E-state index in [2.05, 4.69) is 5.32 Å². The van der Waals surface area contributed by atoms with Gasteiger partial charge in [0.15, 0.2) is 6.61 Å². The van der Waals surface area contributed by atoms with Crippen LogP contribution in [0.1, 0.15) is 6.42 Å². The van der Waals surface area contributed by atoms with Crippen molar-refractivity contribution in [2.75, 3.05) is 32.7 Å². The minimum absolute atomic E-state index is 0.0705. The van der Waals surface area contributed by atoms with E-state index in [-0.39, 0.29) is 35.5 Å². The number of carbonyl (C=O) groups excluding carboxylic acids is 4. The molecular formula is C21H22N2O7. The van der Waals surface area contributed by atoms with E-state index in [4.69, 9.17) is 14.2 Å². The van der Waals surface area contributed by atoms with Crippen LogP contribution in [0.2, 0.25) is 0 Å². The third kappa shape index (κ3) is 3.40. The molecule has 2 fully saturated rings.